The van der Waals surface area contributed by atoms with Crippen LogP contribution < -0.4 is 11.3 Å². The first-order valence-electron chi connectivity index (χ1n) is 6.39. The normalized spacial score (nSPS) is 9.44. The molecule has 0 aliphatic rings. The van der Waals surface area contributed by atoms with Gasteiger partial charge in [0.15, 0.2) is 15.5 Å². The Balaban J connectivity index is -0.000000296. The fourth-order valence-electron chi connectivity index (χ4n) is 0.834. The van der Waals surface area contributed by atoms with Gasteiger partial charge in [-0.1, -0.05) is 46.4 Å². The molecule has 0 aliphatic heterocycles. The maximum atomic E-state index is 10.6. The number of rotatable bonds is 5. The van der Waals surface area contributed by atoms with E-state index in [1.54, 1.807) is 24.0 Å². The van der Waals surface area contributed by atoms with Crippen LogP contribution in [0.5, 0.6) is 0 Å². The Morgan fingerprint density at radius 3 is 2.20 bits per heavy atom. The molecule has 1 rings (SSSR count). The molecule has 0 saturated carbocycles. The zero-order valence-corrected chi connectivity index (χ0v) is 22.4. The number of hydrogen-bond donors (Lipinski definition) is 2. The summed E-state index contributed by atoms with van der Waals surface area (Å²) >= 11 is 26.2. The third-order valence-electron chi connectivity index (χ3n) is 1.67. The Labute approximate surface area is 197 Å². The average Bonchev–Trinajstić information content (AvgIpc) is 2.96. The summed E-state index contributed by atoms with van der Waals surface area (Å²) in [5.74, 6) is 4.23. The van der Waals surface area contributed by atoms with Crippen molar-refractivity contribution >= 4 is 92.1 Å². The monoisotopic (exact) mass is 697 g/mol. The standard InChI is InChI=1S/C6H8Cl2O2.C5H6Cl2N2.CH6N2.2HI.V/c1-2-10-4-3-5(9)6(7)8;1-9-3-2-4(8-9)5(6)7;1-3-2;;;/h3-4,6H,2H2,1H3;2-3,5H,1H3;3H,2H2,1H3;2*1H;/q;;;;;+2/p-2. The van der Waals surface area contributed by atoms with E-state index in [4.69, 9.17) is 51.1 Å². The zero-order valence-electron chi connectivity index (χ0n) is 13.7. The summed E-state index contributed by atoms with van der Waals surface area (Å²) in [5.41, 5.74) is 2.95. The molecule has 147 valence electrons. The Bertz CT molecular complexity index is 453. The van der Waals surface area contributed by atoms with Gasteiger partial charge in [0, 0.05) is 19.3 Å². The van der Waals surface area contributed by atoms with Crippen molar-refractivity contribution in [2.24, 2.45) is 12.9 Å². The van der Waals surface area contributed by atoms with Crippen LogP contribution in [-0.4, -0.2) is 34.1 Å². The molecule has 6 nitrogen and oxygen atoms in total. The SMILES string of the molecule is CCOC=CC(=O)C(Cl)Cl.CNN.Cn1ccc(C(Cl)Cl)n1.[I][V][I]. The predicted molar refractivity (Wildman–Crippen MR) is 120 cm³/mol. The molecule has 13 heteroatoms. The van der Waals surface area contributed by atoms with Gasteiger partial charge in [-0.15, -0.1) is 0 Å². The van der Waals surface area contributed by atoms with E-state index in [0.29, 0.717) is 21.8 Å². The molecule has 0 unspecified atom stereocenters. The van der Waals surface area contributed by atoms with Gasteiger partial charge in [-0.25, -0.2) is 0 Å². The van der Waals surface area contributed by atoms with E-state index >= 15 is 0 Å². The number of carbonyl (C=O) groups is 1. The number of nitrogens with one attached hydrogen (secondary N) is 1. The molecule has 0 aliphatic carbocycles. The number of alkyl halides is 4. The third kappa shape index (κ3) is 25.5. The topological polar surface area (TPSA) is 82.2 Å². The van der Waals surface area contributed by atoms with Crippen LogP contribution in [0, 0.1) is 0 Å². The predicted octanol–water partition coefficient (Wildman–Crippen LogP) is 4.65. The van der Waals surface area contributed by atoms with Crippen molar-refractivity contribution in [3.63, 3.8) is 0 Å². The molecule has 3 N–H and O–H groups in total. The quantitative estimate of drug-likeness (QED) is 0.117. The first kappa shape index (κ1) is 31.2. The second kappa shape index (κ2) is 23.6. The van der Waals surface area contributed by atoms with E-state index < -0.39 is 9.67 Å². The van der Waals surface area contributed by atoms with Gasteiger partial charge in [0.05, 0.1) is 18.6 Å². The van der Waals surface area contributed by atoms with Gasteiger partial charge in [-0.2, -0.15) is 5.10 Å². The van der Waals surface area contributed by atoms with Crippen LogP contribution in [0.15, 0.2) is 24.6 Å². The molecular formula is C12H20Cl4I2N4O2V. The number of carbonyl (C=O) groups excluding carboxylic acids is 1. The summed E-state index contributed by atoms with van der Waals surface area (Å²) in [6.07, 6.45) is 4.28. The van der Waals surface area contributed by atoms with Crippen LogP contribution in [0.2, 0.25) is 0 Å². The van der Waals surface area contributed by atoms with Crippen LogP contribution >= 0.6 is 86.4 Å². The van der Waals surface area contributed by atoms with Gasteiger partial charge in [-0.3, -0.25) is 20.7 Å². The van der Waals surface area contributed by atoms with E-state index in [1.807, 2.05) is 14.0 Å². The molecule has 1 heterocycles. The molecule has 0 fully saturated rings. The van der Waals surface area contributed by atoms with Gasteiger partial charge >= 0.3 is 49.4 Å². The van der Waals surface area contributed by atoms with E-state index in [-0.39, 0.29) is 5.78 Å². The molecule has 0 amide bonds. The number of hydrogen-bond acceptors (Lipinski definition) is 5. The number of nitrogens with zero attached hydrogens (tertiary/aromatic N) is 2. The number of halogens is 6. The molecule has 0 bridgehead atoms. The van der Waals surface area contributed by atoms with Gasteiger partial charge < -0.3 is 4.74 Å². The van der Waals surface area contributed by atoms with Gasteiger partial charge in [0.2, 0.25) is 0 Å². The average molecular weight is 699 g/mol. The molecule has 1 aromatic heterocycles. The zero-order chi connectivity index (χ0) is 20.3. The van der Waals surface area contributed by atoms with E-state index in [0.717, 1.165) is 0 Å². The van der Waals surface area contributed by atoms with Crippen LogP contribution in [-0.2, 0) is 26.0 Å². The second-order valence-corrected chi connectivity index (χ2v) is 17.5. The number of hydrazine groups is 1. The maximum absolute atomic E-state index is 10.6. The number of allylic oxidation sites excluding steroid dienone is 1. The van der Waals surface area contributed by atoms with Crippen LogP contribution in [0.1, 0.15) is 17.5 Å². The van der Waals surface area contributed by atoms with E-state index in [2.05, 4.69) is 56.3 Å². The Kier molecular flexibility index (Phi) is 29.5. The van der Waals surface area contributed by atoms with Crippen LogP contribution in [0.25, 0.3) is 0 Å². The number of ketones is 1. The van der Waals surface area contributed by atoms with Crippen molar-refractivity contribution in [3.8, 4) is 0 Å². The first-order valence-corrected chi connectivity index (χ1v) is 17.1. The molecular weight excluding hydrogens is 679 g/mol. The van der Waals surface area contributed by atoms with Crippen molar-refractivity contribution in [3.05, 3.63) is 30.3 Å². The van der Waals surface area contributed by atoms with Crippen molar-refractivity contribution in [1.29, 1.82) is 0 Å². The number of nitrogens with two attached hydrogens (primary N) is 1. The molecule has 0 saturated heterocycles. The molecule has 0 radical (unpaired) electrons. The van der Waals surface area contributed by atoms with Crippen molar-refractivity contribution in [1.82, 2.24) is 15.2 Å². The van der Waals surface area contributed by atoms with Crippen molar-refractivity contribution < 1.29 is 19.0 Å². The fraction of sp³-hybridized carbons (Fsp3) is 0.500. The minimum absolute atomic E-state index is 0.364. The van der Waals surface area contributed by atoms with Gasteiger partial charge in [0.25, 0.3) is 0 Å². The summed E-state index contributed by atoms with van der Waals surface area (Å²) in [6.45, 7) is 2.34. The Morgan fingerprint density at radius 1 is 1.48 bits per heavy atom. The fourth-order valence-corrected chi connectivity index (χ4v) is 1.21. The number of ether oxygens (including phenoxy) is 1. The van der Waals surface area contributed by atoms with Crippen LogP contribution in [0.4, 0.5) is 0 Å². The van der Waals surface area contributed by atoms with Gasteiger partial charge in [0.1, 0.15) is 0 Å². The summed E-state index contributed by atoms with van der Waals surface area (Å²) in [5, 5.41) is 3.96. The van der Waals surface area contributed by atoms with Crippen LogP contribution in [0.3, 0.4) is 0 Å². The first-order chi connectivity index (χ1) is 11.7. The summed E-state index contributed by atoms with van der Waals surface area (Å²) in [6, 6.07) is 1.78. The molecule has 0 aromatic carbocycles. The number of aryl methyl sites for hydroxylation is 1. The molecule has 25 heavy (non-hydrogen) atoms. The third-order valence-corrected chi connectivity index (χ3v) is 2.55. The Hall–Kier alpha value is 1.54. The van der Waals surface area contributed by atoms with Gasteiger partial charge in [-0.05, 0) is 20.0 Å². The summed E-state index contributed by atoms with van der Waals surface area (Å²) in [7, 11) is 4.10. The van der Waals surface area contributed by atoms with Crippen molar-refractivity contribution in [2.75, 3.05) is 13.7 Å². The second-order valence-electron chi connectivity index (χ2n) is 3.53. The van der Waals surface area contributed by atoms with Crippen molar-refractivity contribution in [2.45, 2.75) is 16.6 Å². The Morgan fingerprint density at radius 2 is 1.96 bits per heavy atom. The molecule has 1 aromatic rings. The molecule has 0 spiro atoms. The minimum atomic E-state index is -0.989. The summed E-state index contributed by atoms with van der Waals surface area (Å²) in [4.78, 5) is 9.09. The van der Waals surface area contributed by atoms with E-state index in [9.17, 15) is 4.79 Å². The number of aromatic nitrogens is 2. The van der Waals surface area contributed by atoms with E-state index in [1.165, 1.54) is 12.3 Å². The summed E-state index contributed by atoms with van der Waals surface area (Å²) < 4.78 is 6.40. The molecule has 0 atom stereocenters.